The molecule has 1 rings (SSSR count). The van der Waals surface area contributed by atoms with Gasteiger partial charge in [0.05, 0.1) is 0 Å². The third-order valence-corrected chi connectivity index (χ3v) is 1.42. The molecule has 0 spiro atoms. The van der Waals surface area contributed by atoms with Gasteiger partial charge >= 0.3 is 0 Å². The van der Waals surface area contributed by atoms with Crippen molar-refractivity contribution < 1.29 is 0 Å². The summed E-state index contributed by atoms with van der Waals surface area (Å²) in [5.41, 5.74) is 1.15. The molecular weight excluding hydrogens is 98.1 g/mol. The fourth-order valence-corrected chi connectivity index (χ4v) is 0.871. The fourth-order valence-electron chi connectivity index (χ4n) is 0.871. The van der Waals surface area contributed by atoms with Gasteiger partial charge in [0.2, 0.25) is 0 Å². The summed E-state index contributed by atoms with van der Waals surface area (Å²) in [6, 6.07) is 0. The zero-order valence-electron chi connectivity index (χ0n) is 5.22. The maximum atomic E-state index is 3.85. The molecule has 0 radical (unpaired) electrons. The molecule has 1 aliphatic heterocycles. The van der Waals surface area contributed by atoms with E-state index < -0.39 is 0 Å². The second-order valence-corrected chi connectivity index (χ2v) is 1.93. The zero-order valence-corrected chi connectivity index (χ0v) is 5.22. The Balaban J connectivity index is 2.51. The second-order valence-electron chi connectivity index (χ2n) is 1.93. The first-order valence-corrected chi connectivity index (χ1v) is 2.95. The molecule has 8 heavy (non-hydrogen) atoms. The Hall–Kier alpha value is -0.720. The van der Waals surface area contributed by atoms with Gasteiger partial charge in [0, 0.05) is 18.8 Å². The van der Waals surface area contributed by atoms with E-state index in [1.165, 1.54) is 0 Å². The Morgan fingerprint density at radius 1 is 1.88 bits per heavy atom. The van der Waals surface area contributed by atoms with Gasteiger partial charge < -0.3 is 4.90 Å². The van der Waals surface area contributed by atoms with E-state index in [1.807, 2.05) is 0 Å². The van der Waals surface area contributed by atoms with Crippen LogP contribution < -0.4 is 0 Å². The molecule has 1 aliphatic rings. The number of hydrogen-bond donors (Lipinski definition) is 0. The zero-order chi connectivity index (χ0) is 5.98. The predicted octanol–water partition coefficient (Wildman–Crippen LogP) is 1.39. The molecule has 0 N–H and O–H groups in total. The van der Waals surface area contributed by atoms with Crippen molar-refractivity contribution in [2.24, 2.45) is 0 Å². The summed E-state index contributed by atoms with van der Waals surface area (Å²) in [7, 11) is 0. The van der Waals surface area contributed by atoms with Gasteiger partial charge in [-0.05, 0) is 13.0 Å². The lowest BCUT2D eigenvalue weighted by molar-refractivity contribution is 0.432. The third kappa shape index (κ3) is 0.760. The van der Waals surface area contributed by atoms with Crippen LogP contribution in [0.5, 0.6) is 0 Å². The monoisotopic (exact) mass is 109 g/mol. The average Bonchev–Trinajstić information content (AvgIpc) is 2.14. The molecule has 0 bridgehead atoms. The largest absolute Gasteiger partial charge is 0.369 e. The van der Waals surface area contributed by atoms with Crippen LogP contribution in [-0.2, 0) is 0 Å². The highest BCUT2D eigenvalue weighted by Gasteiger charge is 2.04. The van der Waals surface area contributed by atoms with E-state index in [0.29, 0.717) is 0 Å². The highest BCUT2D eigenvalue weighted by Crippen LogP contribution is 2.08. The van der Waals surface area contributed by atoms with E-state index in [9.17, 15) is 0 Å². The summed E-state index contributed by atoms with van der Waals surface area (Å²) in [5, 5.41) is 0. The fraction of sp³-hybridized carbons (Fsp3) is 0.429. The van der Waals surface area contributed by atoms with Gasteiger partial charge in [-0.3, -0.25) is 0 Å². The summed E-state index contributed by atoms with van der Waals surface area (Å²) in [6.07, 6.45) is 4.19. The Kier molecular flexibility index (Phi) is 1.38. The van der Waals surface area contributed by atoms with Crippen molar-refractivity contribution in [1.82, 2.24) is 4.90 Å². The van der Waals surface area contributed by atoms with Gasteiger partial charge in [0.1, 0.15) is 0 Å². The standard InChI is InChI=1S/C7H11N/c1-3-8-6-4-5-7(8)2/h4-5H,2-3,6H2,1H3. The first kappa shape index (κ1) is 5.42. The molecule has 0 fully saturated rings. The van der Waals surface area contributed by atoms with E-state index in [0.717, 1.165) is 18.8 Å². The van der Waals surface area contributed by atoms with Crippen LogP contribution in [0.15, 0.2) is 24.4 Å². The van der Waals surface area contributed by atoms with Crippen molar-refractivity contribution >= 4 is 0 Å². The van der Waals surface area contributed by atoms with Crippen LogP contribution >= 0.6 is 0 Å². The molecule has 1 nitrogen and oxygen atoms in total. The van der Waals surface area contributed by atoms with Gasteiger partial charge in [-0.25, -0.2) is 0 Å². The number of nitrogens with zero attached hydrogens (tertiary/aromatic N) is 1. The highest BCUT2D eigenvalue weighted by molar-refractivity contribution is 5.20. The van der Waals surface area contributed by atoms with Crippen LogP contribution in [-0.4, -0.2) is 18.0 Å². The summed E-state index contributed by atoms with van der Waals surface area (Å²) < 4.78 is 0. The molecule has 0 aromatic rings. The van der Waals surface area contributed by atoms with E-state index in [2.05, 4.69) is 30.6 Å². The molecule has 0 unspecified atom stereocenters. The van der Waals surface area contributed by atoms with Crippen molar-refractivity contribution in [3.63, 3.8) is 0 Å². The van der Waals surface area contributed by atoms with Crippen molar-refractivity contribution in [3.05, 3.63) is 24.4 Å². The Labute approximate surface area is 50.3 Å². The minimum atomic E-state index is 1.05. The van der Waals surface area contributed by atoms with Crippen molar-refractivity contribution in [2.45, 2.75) is 6.92 Å². The molecular formula is C7H11N. The van der Waals surface area contributed by atoms with Crippen LogP contribution in [0.4, 0.5) is 0 Å². The molecule has 44 valence electrons. The highest BCUT2D eigenvalue weighted by atomic mass is 15.1. The van der Waals surface area contributed by atoms with Gasteiger partial charge in [-0.15, -0.1) is 0 Å². The lowest BCUT2D eigenvalue weighted by Crippen LogP contribution is -2.16. The average molecular weight is 109 g/mol. The Morgan fingerprint density at radius 3 is 2.88 bits per heavy atom. The van der Waals surface area contributed by atoms with Crippen molar-refractivity contribution in [3.8, 4) is 0 Å². The van der Waals surface area contributed by atoms with Crippen molar-refractivity contribution in [1.29, 1.82) is 0 Å². The first-order chi connectivity index (χ1) is 3.84. The van der Waals surface area contributed by atoms with Gasteiger partial charge in [-0.1, -0.05) is 12.7 Å². The topological polar surface area (TPSA) is 3.24 Å². The summed E-state index contributed by atoms with van der Waals surface area (Å²) in [4.78, 5) is 2.22. The molecule has 1 heteroatoms. The Bertz CT molecular complexity index is 124. The van der Waals surface area contributed by atoms with Gasteiger partial charge in [0.15, 0.2) is 0 Å². The summed E-state index contributed by atoms with van der Waals surface area (Å²) >= 11 is 0. The first-order valence-electron chi connectivity index (χ1n) is 2.95. The minimum absolute atomic E-state index is 1.05. The lowest BCUT2D eigenvalue weighted by Gasteiger charge is -2.14. The van der Waals surface area contributed by atoms with Crippen LogP contribution in [0.25, 0.3) is 0 Å². The van der Waals surface area contributed by atoms with E-state index in [1.54, 1.807) is 0 Å². The Morgan fingerprint density at radius 2 is 2.62 bits per heavy atom. The van der Waals surface area contributed by atoms with Crippen LogP contribution in [0.2, 0.25) is 0 Å². The number of hydrogen-bond acceptors (Lipinski definition) is 1. The van der Waals surface area contributed by atoms with Crippen LogP contribution in [0.3, 0.4) is 0 Å². The molecule has 0 saturated carbocycles. The normalized spacial score (nSPS) is 18.1. The number of likely N-dealkylation sites (N-methyl/N-ethyl adjacent to an activating group) is 1. The molecule has 0 aromatic heterocycles. The quantitative estimate of drug-likeness (QED) is 0.492. The lowest BCUT2D eigenvalue weighted by atomic mass is 10.5. The van der Waals surface area contributed by atoms with Crippen LogP contribution in [0.1, 0.15) is 6.92 Å². The van der Waals surface area contributed by atoms with Crippen LogP contribution in [0, 0.1) is 0 Å². The molecule has 0 aromatic carbocycles. The molecule has 0 saturated heterocycles. The van der Waals surface area contributed by atoms with Gasteiger partial charge in [0.25, 0.3) is 0 Å². The maximum Gasteiger partial charge on any atom is 0.0363 e. The summed E-state index contributed by atoms with van der Waals surface area (Å²) in [6.45, 7) is 8.11. The smallest absolute Gasteiger partial charge is 0.0363 e. The number of allylic oxidation sites excluding steroid dienone is 1. The second kappa shape index (κ2) is 2.03. The van der Waals surface area contributed by atoms with Gasteiger partial charge in [-0.2, -0.15) is 0 Å². The molecule has 0 atom stereocenters. The van der Waals surface area contributed by atoms with E-state index >= 15 is 0 Å². The molecule has 1 heterocycles. The van der Waals surface area contributed by atoms with E-state index in [4.69, 9.17) is 0 Å². The molecule has 0 aliphatic carbocycles. The van der Waals surface area contributed by atoms with Crippen molar-refractivity contribution in [2.75, 3.05) is 13.1 Å². The SMILES string of the molecule is C=C1C=CCN1CC. The maximum absolute atomic E-state index is 3.85. The minimum Gasteiger partial charge on any atom is -0.369 e. The molecule has 0 amide bonds. The predicted molar refractivity (Wildman–Crippen MR) is 35.5 cm³/mol. The van der Waals surface area contributed by atoms with E-state index in [-0.39, 0.29) is 0 Å². The number of rotatable bonds is 1. The summed E-state index contributed by atoms with van der Waals surface area (Å²) in [5.74, 6) is 0. The third-order valence-electron chi connectivity index (χ3n) is 1.42.